The summed E-state index contributed by atoms with van der Waals surface area (Å²) >= 11 is 6.76. The number of ether oxygens (including phenoxy) is 5. The third-order valence-corrected chi connectivity index (χ3v) is 10.7. The number of rotatable bonds is 26. The standard InChI is InChI=1S/C48H53ClO11S/c1-2-3-4-5-6-7-8-9-10-23-32-61-48(55)43(60-47(54)38-30-21-14-22-31-38)42(59-46(53)37-28-19-13-20-29-37)41(58-45(52)36-26-17-12-18-27-36)39(57-40(50)33-49)34-56-44(51)35-24-15-11-16-25-35/h11-22,24-31,39,41-43H,2-10,23,32-34H2,1H3/t39-,41-,42+,43-/m1/s1. The molecule has 0 spiro atoms. The molecule has 0 aromatic heterocycles. The molecule has 61 heavy (non-hydrogen) atoms. The lowest BCUT2D eigenvalue weighted by molar-refractivity contribution is -0.169. The molecule has 0 unspecified atom stereocenters. The van der Waals surface area contributed by atoms with Gasteiger partial charge in [0.1, 0.15) is 12.5 Å². The first-order chi connectivity index (χ1) is 29.7. The molecule has 0 aliphatic rings. The van der Waals surface area contributed by atoms with Crippen LogP contribution in [0.4, 0.5) is 0 Å². The predicted molar refractivity (Wildman–Crippen MR) is 234 cm³/mol. The zero-order valence-corrected chi connectivity index (χ0v) is 35.9. The van der Waals surface area contributed by atoms with Crippen LogP contribution in [-0.4, -0.2) is 77.6 Å². The average Bonchev–Trinajstić information content (AvgIpc) is 3.30. The number of hydrogen-bond donors (Lipinski definition) is 0. The van der Waals surface area contributed by atoms with Crippen LogP contribution in [0.15, 0.2) is 121 Å². The van der Waals surface area contributed by atoms with Crippen LogP contribution in [-0.2, 0) is 33.3 Å². The molecule has 4 aromatic carbocycles. The van der Waals surface area contributed by atoms with Crippen molar-refractivity contribution in [2.45, 2.75) is 95.5 Å². The molecule has 0 fully saturated rings. The Hall–Kier alpha value is -5.46. The van der Waals surface area contributed by atoms with Crippen molar-refractivity contribution >= 4 is 58.3 Å². The third-order valence-electron chi connectivity index (χ3n) is 9.49. The van der Waals surface area contributed by atoms with E-state index in [4.69, 9.17) is 35.3 Å². The van der Waals surface area contributed by atoms with Gasteiger partial charge in [0.05, 0.1) is 22.3 Å². The van der Waals surface area contributed by atoms with Crippen molar-refractivity contribution in [1.29, 1.82) is 0 Å². The maximum Gasteiger partial charge on any atom is 0.339 e. The molecule has 0 heterocycles. The Morgan fingerprint density at radius 1 is 0.492 bits per heavy atom. The number of carbonyl (C=O) groups is 6. The molecule has 324 valence electrons. The Morgan fingerprint density at radius 2 is 0.885 bits per heavy atom. The fraction of sp³-hybridized carbons (Fsp3) is 0.375. The van der Waals surface area contributed by atoms with E-state index in [0.29, 0.717) is 12.2 Å². The van der Waals surface area contributed by atoms with Crippen LogP contribution in [0.3, 0.4) is 0 Å². The zero-order valence-electron chi connectivity index (χ0n) is 34.3. The number of thioether (sulfide) groups is 1. The second-order valence-electron chi connectivity index (χ2n) is 14.1. The first-order valence-electron chi connectivity index (χ1n) is 20.6. The van der Waals surface area contributed by atoms with Gasteiger partial charge in [0.15, 0.2) is 18.3 Å². The predicted octanol–water partition coefficient (Wildman–Crippen LogP) is 9.85. The van der Waals surface area contributed by atoms with Crippen molar-refractivity contribution in [1.82, 2.24) is 0 Å². The highest BCUT2D eigenvalue weighted by Gasteiger charge is 2.48. The Balaban J connectivity index is 1.74. The second-order valence-corrected chi connectivity index (χ2v) is 15.5. The summed E-state index contributed by atoms with van der Waals surface area (Å²) in [5.74, 6) is -5.09. The van der Waals surface area contributed by atoms with Gasteiger partial charge in [-0.1, -0.05) is 149 Å². The number of halogens is 1. The lowest BCUT2D eigenvalue weighted by atomic mass is 10.0. The molecule has 0 amide bonds. The quantitative estimate of drug-likeness (QED) is 0.0256. The molecule has 4 rings (SSSR count). The van der Waals surface area contributed by atoms with E-state index in [-0.39, 0.29) is 22.3 Å². The molecule has 0 saturated heterocycles. The number of benzene rings is 4. The Labute approximate surface area is 366 Å². The maximum atomic E-state index is 14.5. The minimum Gasteiger partial charge on any atom is -0.458 e. The summed E-state index contributed by atoms with van der Waals surface area (Å²) in [6, 6.07) is 31.4. The summed E-state index contributed by atoms with van der Waals surface area (Å²) < 4.78 is 29.3. The lowest BCUT2D eigenvalue weighted by Crippen LogP contribution is -2.55. The number of alkyl halides is 1. The van der Waals surface area contributed by atoms with Gasteiger partial charge in [0.2, 0.25) is 11.2 Å². The highest BCUT2D eigenvalue weighted by Crippen LogP contribution is 2.27. The third kappa shape index (κ3) is 16.8. The van der Waals surface area contributed by atoms with Gasteiger partial charge in [-0.15, -0.1) is 11.6 Å². The molecule has 0 aliphatic carbocycles. The van der Waals surface area contributed by atoms with Crippen molar-refractivity contribution in [2.75, 3.05) is 18.2 Å². The smallest absolute Gasteiger partial charge is 0.339 e. The van der Waals surface area contributed by atoms with Gasteiger partial charge in [-0.3, -0.25) is 9.59 Å². The summed E-state index contributed by atoms with van der Waals surface area (Å²) in [7, 11) is 0. The van der Waals surface area contributed by atoms with E-state index in [1.54, 1.807) is 72.8 Å². The molecule has 4 atom stereocenters. The van der Waals surface area contributed by atoms with Crippen molar-refractivity contribution in [3.63, 3.8) is 0 Å². The van der Waals surface area contributed by atoms with E-state index >= 15 is 0 Å². The van der Waals surface area contributed by atoms with Crippen LogP contribution >= 0.6 is 23.4 Å². The lowest BCUT2D eigenvalue weighted by Gasteiger charge is -2.35. The topological polar surface area (TPSA) is 149 Å². The molecule has 0 saturated carbocycles. The van der Waals surface area contributed by atoms with Crippen LogP contribution in [0.2, 0.25) is 0 Å². The van der Waals surface area contributed by atoms with Crippen LogP contribution in [0, 0.1) is 0 Å². The van der Waals surface area contributed by atoms with Gasteiger partial charge in [-0.05, 0) is 55.0 Å². The van der Waals surface area contributed by atoms with Crippen molar-refractivity contribution in [2.24, 2.45) is 0 Å². The van der Waals surface area contributed by atoms with Crippen LogP contribution in [0.1, 0.15) is 113 Å². The highest BCUT2D eigenvalue weighted by atomic mass is 35.5. The van der Waals surface area contributed by atoms with Crippen LogP contribution in [0.25, 0.3) is 0 Å². The van der Waals surface area contributed by atoms with Gasteiger partial charge >= 0.3 is 29.8 Å². The minimum atomic E-state index is -1.97. The van der Waals surface area contributed by atoms with Crippen molar-refractivity contribution < 1.29 is 52.5 Å². The maximum absolute atomic E-state index is 14.5. The van der Waals surface area contributed by atoms with Gasteiger partial charge in [0.25, 0.3) is 0 Å². The first kappa shape index (κ1) is 48.2. The molecule has 13 heteroatoms. The molecule has 0 bridgehead atoms. The number of esters is 5. The molecule has 0 aliphatic heterocycles. The van der Waals surface area contributed by atoms with Crippen molar-refractivity contribution in [3.05, 3.63) is 144 Å². The van der Waals surface area contributed by atoms with E-state index in [1.165, 1.54) is 80.6 Å². The Kier molecular flexibility index (Phi) is 21.7. The Bertz CT molecular complexity index is 1950. The molecule has 4 aromatic rings. The van der Waals surface area contributed by atoms with E-state index in [1.807, 2.05) is 0 Å². The largest absolute Gasteiger partial charge is 0.458 e. The molecule has 0 radical (unpaired) electrons. The molecule has 11 nitrogen and oxygen atoms in total. The molecule has 0 N–H and O–H groups in total. The number of hydrogen-bond acceptors (Lipinski definition) is 12. The summed E-state index contributed by atoms with van der Waals surface area (Å²) in [5, 5.41) is -0.726. The SMILES string of the molecule is CCCCCCCCCCCCSC(=O)[C@H](OC(=O)c1ccccc1)[C@@H](OC(=O)c1ccccc1)[C@H](OC(=O)c1ccccc1)[C@@H](COC(=O)c1ccccc1)OC(=O)CCl. The summed E-state index contributed by atoms with van der Waals surface area (Å²) in [6.07, 6.45) is 3.24. The van der Waals surface area contributed by atoms with E-state index < -0.39 is 71.9 Å². The van der Waals surface area contributed by atoms with Gasteiger partial charge in [0, 0.05) is 5.75 Å². The summed E-state index contributed by atoms with van der Waals surface area (Å²) in [5.41, 5.74) is 0.323. The normalized spacial score (nSPS) is 12.8. The zero-order chi connectivity index (χ0) is 43.7. The fourth-order valence-corrected chi connectivity index (χ4v) is 7.21. The van der Waals surface area contributed by atoms with Crippen molar-refractivity contribution in [3.8, 4) is 0 Å². The van der Waals surface area contributed by atoms with E-state index in [2.05, 4.69) is 6.92 Å². The second kappa shape index (κ2) is 27.4. The molecular formula is C48H53ClO11S. The minimum absolute atomic E-state index is 0.0452. The number of carbonyl (C=O) groups excluding carboxylic acids is 6. The van der Waals surface area contributed by atoms with Gasteiger partial charge < -0.3 is 23.7 Å². The summed E-state index contributed by atoms with van der Waals surface area (Å²) in [6.45, 7) is 1.43. The van der Waals surface area contributed by atoms with Crippen LogP contribution < -0.4 is 0 Å². The van der Waals surface area contributed by atoms with Gasteiger partial charge in [-0.25, -0.2) is 19.2 Å². The highest BCUT2D eigenvalue weighted by molar-refractivity contribution is 8.13. The first-order valence-corrected chi connectivity index (χ1v) is 22.2. The average molecular weight is 873 g/mol. The van der Waals surface area contributed by atoms with Gasteiger partial charge in [-0.2, -0.15) is 0 Å². The fourth-order valence-electron chi connectivity index (χ4n) is 6.25. The van der Waals surface area contributed by atoms with Crippen LogP contribution in [0.5, 0.6) is 0 Å². The van der Waals surface area contributed by atoms with E-state index in [9.17, 15) is 28.8 Å². The number of unbranched alkanes of at least 4 members (excludes halogenated alkanes) is 9. The van der Waals surface area contributed by atoms with E-state index in [0.717, 1.165) is 37.4 Å². The molecular weight excluding hydrogens is 820 g/mol. The monoisotopic (exact) mass is 872 g/mol. The Morgan fingerprint density at radius 3 is 1.33 bits per heavy atom. The summed E-state index contributed by atoms with van der Waals surface area (Å²) in [4.78, 5) is 82.4.